The zero-order chi connectivity index (χ0) is 12.5. The van der Waals surface area contributed by atoms with Gasteiger partial charge < -0.3 is 5.32 Å². The van der Waals surface area contributed by atoms with Crippen LogP contribution in [0.3, 0.4) is 0 Å². The Balaban J connectivity index is 2.00. The molecule has 18 heavy (non-hydrogen) atoms. The highest BCUT2D eigenvalue weighted by molar-refractivity contribution is 7.99. The summed E-state index contributed by atoms with van der Waals surface area (Å²) in [5.41, 5.74) is 5.27. The highest BCUT2D eigenvalue weighted by atomic mass is 32.2. The first-order valence-electron chi connectivity index (χ1n) is 6.51. The highest BCUT2D eigenvalue weighted by Crippen LogP contribution is 2.44. The maximum absolute atomic E-state index is 3.55. The maximum atomic E-state index is 3.55. The van der Waals surface area contributed by atoms with Crippen molar-refractivity contribution < 1.29 is 0 Å². The van der Waals surface area contributed by atoms with Crippen LogP contribution in [-0.2, 0) is 12.8 Å². The Morgan fingerprint density at radius 1 is 0.833 bits per heavy atom. The van der Waals surface area contributed by atoms with Crippen molar-refractivity contribution in [2.75, 3.05) is 5.32 Å². The SMILES string of the molecule is CCc1ccc2c(c1)Nc1ccc(CC)cc1S2. The van der Waals surface area contributed by atoms with Crippen molar-refractivity contribution in [2.45, 2.75) is 36.5 Å². The molecule has 0 radical (unpaired) electrons. The summed E-state index contributed by atoms with van der Waals surface area (Å²) in [5, 5.41) is 3.55. The number of benzene rings is 2. The molecule has 92 valence electrons. The van der Waals surface area contributed by atoms with E-state index in [0.29, 0.717) is 0 Å². The van der Waals surface area contributed by atoms with Gasteiger partial charge >= 0.3 is 0 Å². The Hall–Kier alpha value is -1.41. The lowest BCUT2D eigenvalue weighted by atomic mass is 10.1. The van der Waals surface area contributed by atoms with E-state index < -0.39 is 0 Å². The number of fused-ring (bicyclic) bond motifs is 2. The molecule has 0 saturated heterocycles. The summed E-state index contributed by atoms with van der Waals surface area (Å²) in [6, 6.07) is 13.4. The molecule has 2 aromatic rings. The number of anilines is 2. The zero-order valence-corrected chi connectivity index (χ0v) is 11.6. The van der Waals surface area contributed by atoms with Crippen LogP contribution in [0.5, 0.6) is 0 Å². The van der Waals surface area contributed by atoms with Gasteiger partial charge in [-0.15, -0.1) is 0 Å². The second-order valence-corrected chi connectivity index (χ2v) is 5.68. The highest BCUT2D eigenvalue weighted by Gasteiger charge is 2.15. The first-order chi connectivity index (χ1) is 8.80. The lowest BCUT2D eigenvalue weighted by Crippen LogP contribution is -2.01. The molecular formula is C16H17NS. The molecule has 3 rings (SSSR count). The molecule has 1 aliphatic heterocycles. The molecule has 1 nitrogen and oxygen atoms in total. The third-order valence-corrected chi connectivity index (χ3v) is 4.53. The van der Waals surface area contributed by atoms with Gasteiger partial charge in [0.25, 0.3) is 0 Å². The Morgan fingerprint density at radius 2 is 1.56 bits per heavy atom. The molecule has 1 heterocycles. The van der Waals surface area contributed by atoms with Crippen molar-refractivity contribution in [3.05, 3.63) is 47.5 Å². The van der Waals surface area contributed by atoms with Crippen LogP contribution in [0.2, 0.25) is 0 Å². The molecule has 1 aliphatic rings. The largest absolute Gasteiger partial charge is 0.354 e. The van der Waals surface area contributed by atoms with E-state index in [1.807, 2.05) is 11.8 Å². The average Bonchev–Trinajstić information content (AvgIpc) is 2.43. The Morgan fingerprint density at radius 3 is 2.33 bits per heavy atom. The van der Waals surface area contributed by atoms with Gasteiger partial charge in [0.05, 0.1) is 11.4 Å². The van der Waals surface area contributed by atoms with Crippen LogP contribution in [-0.4, -0.2) is 0 Å². The number of rotatable bonds is 2. The first kappa shape index (κ1) is 11.7. The number of aryl methyl sites for hydroxylation is 2. The van der Waals surface area contributed by atoms with E-state index in [-0.39, 0.29) is 0 Å². The van der Waals surface area contributed by atoms with Gasteiger partial charge in [-0.25, -0.2) is 0 Å². The normalized spacial score (nSPS) is 12.6. The van der Waals surface area contributed by atoms with E-state index in [1.54, 1.807) is 0 Å². The Kier molecular flexibility index (Phi) is 3.04. The van der Waals surface area contributed by atoms with E-state index in [0.717, 1.165) is 12.8 Å². The number of hydrogen-bond donors (Lipinski definition) is 1. The van der Waals surface area contributed by atoms with Crippen LogP contribution in [0.25, 0.3) is 0 Å². The fourth-order valence-electron chi connectivity index (χ4n) is 2.22. The minimum absolute atomic E-state index is 1.08. The summed E-state index contributed by atoms with van der Waals surface area (Å²) in [6.07, 6.45) is 2.18. The van der Waals surface area contributed by atoms with Gasteiger partial charge in [0, 0.05) is 9.79 Å². The summed E-state index contributed by atoms with van der Waals surface area (Å²) in [7, 11) is 0. The minimum atomic E-state index is 1.08. The summed E-state index contributed by atoms with van der Waals surface area (Å²) in [5.74, 6) is 0. The van der Waals surface area contributed by atoms with Crippen molar-refractivity contribution >= 4 is 23.1 Å². The molecule has 0 aliphatic carbocycles. The summed E-state index contributed by atoms with van der Waals surface area (Å²) in [4.78, 5) is 2.67. The van der Waals surface area contributed by atoms with Crippen LogP contribution in [0.15, 0.2) is 46.2 Å². The molecule has 0 atom stereocenters. The fraction of sp³-hybridized carbons (Fsp3) is 0.250. The minimum Gasteiger partial charge on any atom is -0.354 e. The molecule has 2 heteroatoms. The summed E-state index contributed by atoms with van der Waals surface area (Å²) < 4.78 is 0. The van der Waals surface area contributed by atoms with Crippen LogP contribution in [0.1, 0.15) is 25.0 Å². The van der Waals surface area contributed by atoms with Crippen molar-refractivity contribution in [1.29, 1.82) is 0 Å². The van der Waals surface area contributed by atoms with Crippen LogP contribution < -0.4 is 5.32 Å². The topological polar surface area (TPSA) is 12.0 Å². The van der Waals surface area contributed by atoms with Gasteiger partial charge in [0.15, 0.2) is 0 Å². The Labute approximate surface area is 113 Å². The van der Waals surface area contributed by atoms with Gasteiger partial charge in [-0.3, -0.25) is 0 Å². The van der Waals surface area contributed by atoms with Crippen LogP contribution in [0.4, 0.5) is 11.4 Å². The van der Waals surface area contributed by atoms with E-state index >= 15 is 0 Å². The third-order valence-electron chi connectivity index (χ3n) is 3.40. The van der Waals surface area contributed by atoms with Crippen LogP contribution in [0, 0.1) is 0 Å². The van der Waals surface area contributed by atoms with Crippen molar-refractivity contribution in [1.82, 2.24) is 0 Å². The average molecular weight is 255 g/mol. The molecule has 0 fully saturated rings. The predicted molar refractivity (Wildman–Crippen MR) is 79.0 cm³/mol. The second-order valence-electron chi connectivity index (χ2n) is 4.60. The van der Waals surface area contributed by atoms with E-state index in [9.17, 15) is 0 Å². The lowest BCUT2D eigenvalue weighted by molar-refractivity contribution is 1.11. The lowest BCUT2D eigenvalue weighted by Gasteiger charge is -2.22. The molecule has 0 aromatic heterocycles. The van der Waals surface area contributed by atoms with E-state index in [2.05, 4.69) is 55.6 Å². The molecule has 0 amide bonds. The van der Waals surface area contributed by atoms with Gasteiger partial charge in [0.1, 0.15) is 0 Å². The summed E-state index contributed by atoms with van der Waals surface area (Å²) >= 11 is 1.87. The van der Waals surface area contributed by atoms with Crippen molar-refractivity contribution in [3.63, 3.8) is 0 Å². The monoisotopic (exact) mass is 255 g/mol. The Bertz CT molecular complexity index is 536. The predicted octanol–water partition coefficient (Wildman–Crippen LogP) is 5.02. The van der Waals surface area contributed by atoms with Crippen molar-refractivity contribution in [2.24, 2.45) is 0 Å². The third kappa shape index (κ3) is 2.01. The van der Waals surface area contributed by atoms with Gasteiger partial charge in [-0.1, -0.05) is 37.7 Å². The fourth-order valence-corrected chi connectivity index (χ4v) is 3.25. The molecule has 2 aromatic carbocycles. The second kappa shape index (κ2) is 4.69. The van der Waals surface area contributed by atoms with E-state index in [4.69, 9.17) is 0 Å². The molecular weight excluding hydrogens is 238 g/mol. The molecule has 0 spiro atoms. The molecule has 1 N–H and O–H groups in total. The smallest absolute Gasteiger partial charge is 0.0529 e. The summed E-state index contributed by atoms with van der Waals surface area (Å²) in [6.45, 7) is 4.39. The molecule has 0 saturated carbocycles. The van der Waals surface area contributed by atoms with Crippen LogP contribution >= 0.6 is 11.8 Å². The van der Waals surface area contributed by atoms with Gasteiger partial charge in [-0.2, -0.15) is 0 Å². The van der Waals surface area contributed by atoms with Gasteiger partial charge in [0.2, 0.25) is 0 Å². The van der Waals surface area contributed by atoms with Crippen molar-refractivity contribution in [3.8, 4) is 0 Å². The zero-order valence-electron chi connectivity index (χ0n) is 10.8. The molecule has 0 bridgehead atoms. The number of hydrogen-bond acceptors (Lipinski definition) is 2. The standard InChI is InChI=1S/C16H17NS/c1-3-11-6-8-15-14(9-11)17-13-7-5-12(4-2)10-16(13)18-15/h5-10,17H,3-4H2,1-2H3. The van der Waals surface area contributed by atoms with E-state index in [1.165, 1.54) is 32.3 Å². The van der Waals surface area contributed by atoms with Gasteiger partial charge in [-0.05, 0) is 48.2 Å². The number of nitrogens with one attached hydrogen (secondary N) is 1. The first-order valence-corrected chi connectivity index (χ1v) is 7.32. The maximum Gasteiger partial charge on any atom is 0.0529 e. The quantitative estimate of drug-likeness (QED) is 0.690. The molecule has 0 unspecified atom stereocenters.